The number of fused-ring (bicyclic) bond motifs is 1. The molecule has 0 N–H and O–H groups in total. The number of hydrogen-bond donors (Lipinski definition) is 0. The number of aromatic nitrogens is 1. The molecule has 1 aromatic carbocycles. The normalized spacial score (nSPS) is 15.0. The van der Waals surface area contributed by atoms with Crippen LogP contribution in [0.4, 0.5) is 5.69 Å². The zero-order valence-corrected chi connectivity index (χ0v) is 14.4. The molecule has 1 saturated heterocycles. The fourth-order valence-corrected chi connectivity index (χ4v) is 3.92. The molecule has 122 valence electrons. The van der Waals surface area contributed by atoms with E-state index in [0.29, 0.717) is 0 Å². The van der Waals surface area contributed by atoms with Crippen LogP contribution in [0.3, 0.4) is 0 Å². The summed E-state index contributed by atoms with van der Waals surface area (Å²) in [6.07, 6.45) is 1.87. The van der Waals surface area contributed by atoms with Crippen molar-refractivity contribution in [2.24, 2.45) is 0 Å². The molecule has 1 fully saturated rings. The molecule has 4 rings (SSSR count). The average Bonchev–Trinajstić information content (AvgIpc) is 3.15. The first-order chi connectivity index (χ1) is 11.7. The summed E-state index contributed by atoms with van der Waals surface area (Å²) < 4.78 is 0. The molecule has 0 saturated carbocycles. The van der Waals surface area contributed by atoms with Gasteiger partial charge in [-0.25, -0.2) is 0 Å². The molecule has 1 amide bonds. The highest BCUT2D eigenvalue weighted by Crippen LogP contribution is 2.27. The van der Waals surface area contributed by atoms with Gasteiger partial charge in [0.1, 0.15) is 0 Å². The molecule has 24 heavy (non-hydrogen) atoms. The van der Waals surface area contributed by atoms with Gasteiger partial charge in [0, 0.05) is 43.4 Å². The van der Waals surface area contributed by atoms with Crippen molar-refractivity contribution in [2.45, 2.75) is 6.92 Å². The Kier molecular flexibility index (Phi) is 3.94. The number of piperazine rings is 1. The quantitative estimate of drug-likeness (QED) is 0.717. The second-order valence-corrected chi connectivity index (χ2v) is 7.05. The smallest absolute Gasteiger partial charge is 0.264 e. The Morgan fingerprint density at radius 2 is 1.96 bits per heavy atom. The SMILES string of the molecule is Cc1ccc2nccc(N3CCN(C(=O)c4cccs4)CC3)c2c1. The van der Waals surface area contributed by atoms with Gasteiger partial charge in [0.05, 0.1) is 10.4 Å². The lowest BCUT2D eigenvalue weighted by Gasteiger charge is -2.36. The first kappa shape index (κ1) is 15.1. The zero-order valence-electron chi connectivity index (χ0n) is 13.6. The number of pyridine rings is 1. The Labute approximate surface area is 145 Å². The van der Waals surface area contributed by atoms with E-state index in [1.807, 2.05) is 28.6 Å². The topological polar surface area (TPSA) is 36.4 Å². The molecule has 5 heteroatoms. The highest BCUT2D eigenvalue weighted by atomic mass is 32.1. The first-order valence-corrected chi connectivity index (χ1v) is 9.03. The molecule has 3 aromatic rings. The molecule has 1 aliphatic heterocycles. The number of anilines is 1. The molecule has 0 bridgehead atoms. The largest absolute Gasteiger partial charge is 0.367 e. The van der Waals surface area contributed by atoms with Gasteiger partial charge in [-0.05, 0) is 36.6 Å². The number of carbonyl (C=O) groups excluding carboxylic acids is 1. The number of aryl methyl sites for hydroxylation is 1. The van der Waals surface area contributed by atoms with Gasteiger partial charge < -0.3 is 9.80 Å². The zero-order chi connectivity index (χ0) is 16.5. The van der Waals surface area contributed by atoms with Crippen LogP contribution in [0.1, 0.15) is 15.2 Å². The molecule has 0 atom stereocenters. The maximum absolute atomic E-state index is 12.5. The van der Waals surface area contributed by atoms with Gasteiger partial charge in [-0.1, -0.05) is 17.7 Å². The Bertz CT molecular complexity index is 867. The predicted molar refractivity (Wildman–Crippen MR) is 98.9 cm³/mol. The van der Waals surface area contributed by atoms with E-state index in [4.69, 9.17) is 0 Å². The van der Waals surface area contributed by atoms with Crippen LogP contribution < -0.4 is 4.90 Å². The van der Waals surface area contributed by atoms with Gasteiger partial charge in [0.15, 0.2) is 0 Å². The van der Waals surface area contributed by atoms with E-state index in [1.54, 1.807) is 0 Å². The summed E-state index contributed by atoms with van der Waals surface area (Å²) in [5.74, 6) is 0.153. The highest BCUT2D eigenvalue weighted by Gasteiger charge is 2.23. The lowest BCUT2D eigenvalue weighted by molar-refractivity contribution is 0.0752. The second kappa shape index (κ2) is 6.24. The van der Waals surface area contributed by atoms with Crippen molar-refractivity contribution < 1.29 is 4.79 Å². The Balaban J connectivity index is 1.54. The fourth-order valence-electron chi connectivity index (χ4n) is 3.23. The molecule has 0 aliphatic carbocycles. The molecular weight excluding hydrogens is 318 g/mol. The van der Waals surface area contributed by atoms with E-state index in [1.165, 1.54) is 28.0 Å². The van der Waals surface area contributed by atoms with E-state index in [-0.39, 0.29) is 5.91 Å². The third-order valence-electron chi connectivity index (χ3n) is 4.51. The number of rotatable bonds is 2. The van der Waals surface area contributed by atoms with Gasteiger partial charge in [-0.2, -0.15) is 0 Å². The van der Waals surface area contributed by atoms with Gasteiger partial charge in [-0.3, -0.25) is 9.78 Å². The number of amides is 1. The van der Waals surface area contributed by atoms with Crippen molar-refractivity contribution in [1.29, 1.82) is 0 Å². The van der Waals surface area contributed by atoms with Crippen LogP contribution in [0.5, 0.6) is 0 Å². The summed E-state index contributed by atoms with van der Waals surface area (Å²) in [4.78, 5) is 22.1. The molecule has 0 unspecified atom stereocenters. The van der Waals surface area contributed by atoms with E-state index in [0.717, 1.165) is 36.6 Å². The molecule has 2 aromatic heterocycles. The van der Waals surface area contributed by atoms with Crippen molar-refractivity contribution in [1.82, 2.24) is 9.88 Å². The monoisotopic (exact) mass is 337 g/mol. The number of benzene rings is 1. The van der Waals surface area contributed by atoms with Crippen LogP contribution in [-0.2, 0) is 0 Å². The molecule has 0 spiro atoms. The van der Waals surface area contributed by atoms with E-state index in [2.05, 4.69) is 41.1 Å². The van der Waals surface area contributed by atoms with Gasteiger partial charge in [0.2, 0.25) is 0 Å². The lowest BCUT2D eigenvalue weighted by atomic mass is 10.1. The standard InChI is InChI=1S/C19H19N3OS/c1-14-4-5-16-15(13-14)17(6-7-20-16)21-8-10-22(11-9-21)19(23)18-3-2-12-24-18/h2-7,12-13H,8-11H2,1H3. The Morgan fingerprint density at radius 1 is 1.12 bits per heavy atom. The number of thiophene rings is 1. The Hall–Kier alpha value is -2.40. The van der Waals surface area contributed by atoms with Crippen molar-refractivity contribution >= 4 is 33.8 Å². The van der Waals surface area contributed by atoms with Crippen LogP contribution in [0.15, 0.2) is 48.0 Å². The minimum absolute atomic E-state index is 0.153. The fraction of sp³-hybridized carbons (Fsp3) is 0.263. The Morgan fingerprint density at radius 3 is 2.71 bits per heavy atom. The van der Waals surface area contributed by atoms with Crippen molar-refractivity contribution in [3.05, 3.63) is 58.4 Å². The second-order valence-electron chi connectivity index (χ2n) is 6.11. The third-order valence-corrected chi connectivity index (χ3v) is 5.37. The van der Waals surface area contributed by atoms with Crippen molar-refractivity contribution in [3.8, 4) is 0 Å². The molecule has 1 aliphatic rings. The van der Waals surface area contributed by atoms with Gasteiger partial charge in [-0.15, -0.1) is 11.3 Å². The molecule has 3 heterocycles. The van der Waals surface area contributed by atoms with Crippen LogP contribution in [0, 0.1) is 6.92 Å². The molecule has 4 nitrogen and oxygen atoms in total. The summed E-state index contributed by atoms with van der Waals surface area (Å²) >= 11 is 1.51. The van der Waals surface area contributed by atoms with Gasteiger partial charge >= 0.3 is 0 Å². The van der Waals surface area contributed by atoms with Gasteiger partial charge in [0.25, 0.3) is 5.91 Å². The minimum Gasteiger partial charge on any atom is -0.367 e. The van der Waals surface area contributed by atoms with Crippen LogP contribution in [-0.4, -0.2) is 42.0 Å². The average molecular weight is 337 g/mol. The number of carbonyl (C=O) groups is 1. The number of hydrogen-bond acceptors (Lipinski definition) is 4. The molecular formula is C19H19N3OS. The van der Waals surface area contributed by atoms with Crippen LogP contribution in [0.2, 0.25) is 0 Å². The summed E-state index contributed by atoms with van der Waals surface area (Å²) in [5.41, 5.74) is 3.48. The minimum atomic E-state index is 0.153. The maximum Gasteiger partial charge on any atom is 0.264 e. The summed E-state index contributed by atoms with van der Waals surface area (Å²) in [5, 5.41) is 3.14. The molecule has 0 radical (unpaired) electrons. The highest BCUT2D eigenvalue weighted by molar-refractivity contribution is 7.12. The summed E-state index contributed by atoms with van der Waals surface area (Å²) in [6, 6.07) is 12.3. The predicted octanol–water partition coefficient (Wildman–Crippen LogP) is 3.57. The van der Waals surface area contributed by atoms with Crippen LogP contribution >= 0.6 is 11.3 Å². The third kappa shape index (κ3) is 2.76. The summed E-state index contributed by atoms with van der Waals surface area (Å²) in [7, 11) is 0. The van der Waals surface area contributed by atoms with Crippen molar-refractivity contribution in [3.63, 3.8) is 0 Å². The first-order valence-electron chi connectivity index (χ1n) is 8.15. The van der Waals surface area contributed by atoms with E-state index < -0.39 is 0 Å². The van der Waals surface area contributed by atoms with Crippen LogP contribution in [0.25, 0.3) is 10.9 Å². The van der Waals surface area contributed by atoms with E-state index >= 15 is 0 Å². The van der Waals surface area contributed by atoms with E-state index in [9.17, 15) is 4.79 Å². The maximum atomic E-state index is 12.5. The summed E-state index contributed by atoms with van der Waals surface area (Å²) in [6.45, 7) is 5.32. The lowest BCUT2D eigenvalue weighted by Crippen LogP contribution is -2.48. The van der Waals surface area contributed by atoms with Crippen molar-refractivity contribution in [2.75, 3.05) is 31.1 Å². The number of nitrogens with zero attached hydrogens (tertiary/aromatic N) is 3.